The number of aryl methyl sites for hydroxylation is 1. The summed E-state index contributed by atoms with van der Waals surface area (Å²) in [5.74, 6) is 0. The minimum atomic E-state index is -4.16. The smallest absolute Gasteiger partial charge is 0.399 e. The number of hydrogen-bond donors (Lipinski definition) is 1. The van der Waals surface area contributed by atoms with E-state index in [9.17, 15) is 13.2 Å². The van der Waals surface area contributed by atoms with E-state index in [0.29, 0.717) is 5.69 Å². The van der Waals surface area contributed by atoms with Crippen LogP contribution < -0.4 is 5.73 Å². The van der Waals surface area contributed by atoms with E-state index in [-0.39, 0.29) is 6.54 Å². The van der Waals surface area contributed by atoms with E-state index in [1.807, 2.05) is 13.0 Å². The van der Waals surface area contributed by atoms with Crippen molar-refractivity contribution >= 4 is 5.69 Å². The van der Waals surface area contributed by atoms with Gasteiger partial charge in [-0.3, -0.25) is 4.90 Å². The molecule has 2 N–H and O–H groups in total. The van der Waals surface area contributed by atoms with Crippen molar-refractivity contribution in [2.45, 2.75) is 19.6 Å². The maximum absolute atomic E-state index is 12.1. The quantitative estimate of drug-likeness (QED) is 0.811. The monoisotopic (exact) mass is 232 g/mol. The number of rotatable bonds is 3. The van der Waals surface area contributed by atoms with Crippen LogP contribution in [0.2, 0.25) is 0 Å². The van der Waals surface area contributed by atoms with Gasteiger partial charge in [-0.25, -0.2) is 0 Å². The number of nitrogens with two attached hydrogens (primary N) is 1. The first-order valence-electron chi connectivity index (χ1n) is 4.88. The highest BCUT2D eigenvalue weighted by Crippen LogP contribution is 2.18. The fourth-order valence-electron chi connectivity index (χ4n) is 1.51. The Kier molecular flexibility index (Phi) is 3.80. The number of nitrogens with zero attached hydrogens (tertiary/aromatic N) is 1. The summed E-state index contributed by atoms with van der Waals surface area (Å²) in [7, 11) is 1.44. The zero-order valence-corrected chi connectivity index (χ0v) is 9.30. The summed E-state index contributed by atoms with van der Waals surface area (Å²) in [6, 6.07) is 5.27. The second-order valence-electron chi connectivity index (χ2n) is 3.98. The summed E-state index contributed by atoms with van der Waals surface area (Å²) in [5, 5.41) is 0. The van der Waals surface area contributed by atoms with E-state index in [0.717, 1.165) is 11.1 Å². The van der Waals surface area contributed by atoms with Crippen LogP contribution in [0.15, 0.2) is 18.2 Å². The van der Waals surface area contributed by atoms with Gasteiger partial charge < -0.3 is 5.73 Å². The van der Waals surface area contributed by atoms with Crippen molar-refractivity contribution < 1.29 is 13.2 Å². The van der Waals surface area contributed by atoms with Crippen LogP contribution in [0.5, 0.6) is 0 Å². The van der Waals surface area contributed by atoms with Crippen molar-refractivity contribution in [1.82, 2.24) is 4.90 Å². The molecule has 0 heterocycles. The van der Waals surface area contributed by atoms with Crippen molar-refractivity contribution in [2.24, 2.45) is 0 Å². The lowest BCUT2D eigenvalue weighted by molar-refractivity contribution is -0.144. The number of anilines is 1. The van der Waals surface area contributed by atoms with Gasteiger partial charge in [-0.05, 0) is 31.2 Å². The molecule has 0 atom stereocenters. The average molecular weight is 232 g/mol. The molecule has 1 rings (SSSR count). The lowest BCUT2D eigenvalue weighted by Crippen LogP contribution is -2.30. The average Bonchev–Trinajstić information content (AvgIpc) is 2.08. The molecule has 0 fully saturated rings. The van der Waals surface area contributed by atoms with Gasteiger partial charge in [-0.2, -0.15) is 13.2 Å². The van der Waals surface area contributed by atoms with Gasteiger partial charge in [0.15, 0.2) is 0 Å². The van der Waals surface area contributed by atoms with E-state index in [2.05, 4.69) is 0 Å². The first-order chi connectivity index (χ1) is 7.28. The molecule has 0 saturated heterocycles. The Morgan fingerprint density at radius 3 is 2.44 bits per heavy atom. The number of benzene rings is 1. The summed E-state index contributed by atoms with van der Waals surface area (Å²) in [5.41, 5.74) is 8.00. The third kappa shape index (κ3) is 4.10. The second kappa shape index (κ2) is 4.74. The predicted molar refractivity (Wildman–Crippen MR) is 58.0 cm³/mol. The molecule has 0 unspecified atom stereocenters. The van der Waals surface area contributed by atoms with Crippen molar-refractivity contribution in [1.29, 1.82) is 0 Å². The van der Waals surface area contributed by atoms with Gasteiger partial charge in [-0.1, -0.05) is 12.1 Å². The van der Waals surface area contributed by atoms with Gasteiger partial charge in [0.25, 0.3) is 0 Å². The van der Waals surface area contributed by atoms with E-state index in [4.69, 9.17) is 5.73 Å². The predicted octanol–water partition coefficient (Wildman–Crippen LogP) is 2.57. The van der Waals surface area contributed by atoms with Gasteiger partial charge in [0.1, 0.15) is 0 Å². The molecule has 2 nitrogen and oxygen atoms in total. The number of hydrogen-bond acceptors (Lipinski definition) is 2. The summed E-state index contributed by atoms with van der Waals surface area (Å²) in [6.45, 7) is 1.19. The SMILES string of the molecule is Cc1cc(CN(C)CC(F)(F)F)ccc1N. The fourth-order valence-corrected chi connectivity index (χ4v) is 1.51. The van der Waals surface area contributed by atoms with E-state index in [1.54, 1.807) is 12.1 Å². The third-order valence-corrected chi connectivity index (χ3v) is 2.24. The molecular weight excluding hydrogens is 217 g/mol. The highest BCUT2D eigenvalue weighted by Gasteiger charge is 2.28. The van der Waals surface area contributed by atoms with Crippen molar-refractivity contribution in [3.8, 4) is 0 Å². The molecule has 0 aliphatic rings. The highest BCUT2D eigenvalue weighted by molar-refractivity contribution is 5.47. The van der Waals surface area contributed by atoms with Gasteiger partial charge in [0.2, 0.25) is 0 Å². The Morgan fingerprint density at radius 2 is 1.94 bits per heavy atom. The summed E-state index contributed by atoms with van der Waals surface area (Å²) in [6.07, 6.45) is -4.16. The standard InChI is InChI=1S/C11H15F3N2/c1-8-5-9(3-4-10(8)15)6-16(2)7-11(12,13)14/h3-5H,6-7,15H2,1-2H3. The van der Waals surface area contributed by atoms with Crippen LogP contribution in [0.25, 0.3) is 0 Å². The largest absolute Gasteiger partial charge is 0.401 e. The molecule has 16 heavy (non-hydrogen) atoms. The molecule has 0 aliphatic heterocycles. The van der Waals surface area contributed by atoms with E-state index < -0.39 is 12.7 Å². The van der Waals surface area contributed by atoms with Crippen molar-refractivity contribution in [3.63, 3.8) is 0 Å². The molecule has 0 amide bonds. The molecule has 90 valence electrons. The van der Waals surface area contributed by atoms with Crippen LogP contribution in [-0.2, 0) is 6.54 Å². The van der Waals surface area contributed by atoms with E-state index >= 15 is 0 Å². The molecule has 1 aromatic carbocycles. The van der Waals surface area contributed by atoms with Crippen molar-refractivity contribution in [3.05, 3.63) is 29.3 Å². The topological polar surface area (TPSA) is 29.3 Å². The summed E-state index contributed by atoms with van der Waals surface area (Å²) >= 11 is 0. The first-order valence-corrected chi connectivity index (χ1v) is 4.88. The van der Waals surface area contributed by atoms with E-state index in [1.165, 1.54) is 11.9 Å². The first kappa shape index (κ1) is 12.8. The molecule has 1 aromatic rings. The van der Waals surface area contributed by atoms with Crippen LogP contribution in [0.3, 0.4) is 0 Å². The van der Waals surface area contributed by atoms with Crippen LogP contribution in [0, 0.1) is 6.92 Å². The number of alkyl halides is 3. The lowest BCUT2D eigenvalue weighted by Gasteiger charge is -2.18. The summed E-state index contributed by atoms with van der Waals surface area (Å²) < 4.78 is 36.3. The van der Waals surface area contributed by atoms with Gasteiger partial charge in [-0.15, -0.1) is 0 Å². The lowest BCUT2D eigenvalue weighted by atomic mass is 10.1. The molecule has 0 spiro atoms. The Bertz CT molecular complexity index is 361. The molecule has 5 heteroatoms. The molecule has 0 aromatic heterocycles. The Labute approximate surface area is 92.9 Å². The van der Waals surface area contributed by atoms with Crippen LogP contribution in [-0.4, -0.2) is 24.7 Å². The minimum Gasteiger partial charge on any atom is -0.399 e. The van der Waals surface area contributed by atoms with Crippen LogP contribution in [0.1, 0.15) is 11.1 Å². The Balaban J connectivity index is 2.63. The minimum absolute atomic E-state index is 0.265. The fraction of sp³-hybridized carbons (Fsp3) is 0.455. The summed E-state index contributed by atoms with van der Waals surface area (Å²) in [4.78, 5) is 1.23. The molecular formula is C11H15F3N2. The Hall–Kier alpha value is -1.23. The number of nitrogen functional groups attached to an aromatic ring is 1. The van der Waals surface area contributed by atoms with Gasteiger partial charge >= 0.3 is 6.18 Å². The molecule has 0 aliphatic carbocycles. The molecule has 0 bridgehead atoms. The molecule has 0 saturated carbocycles. The number of halogens is 3. The maximum Gasteiger partial charge on any atom is 0.401 e. The second-order valence-corrected chi connectivity index (χ2v) is 3.98. The zero-order chi connectivity index (χ0) is 12.3. The maximum atomic E-state index is 12.1. The van der Waals surface area contributed by atoms with Crippen LogP contribution >= 0.6 is 0 Å². The molecule has 0 radical (unpaired) electrons. The van der Waals surface area contributed by atoms with Gasteiger partial charge in [0, 0.05) is 12.2 Å². The normalized spacial score (nSPS) is 12.1. The third-order valence-electron chi connectivity index (χ3n) is 2.24. The van der Waals surface area contributed by atoms with Crippen molar-refractivity contribution in [2.75, 3.05) is 19.3 Å². The van der Waals surface area contributed by atoms with Gasteiger partial charge in [0.05, 0.1) is 6.54 Å². The highest BCUT2D eigenvalue weighted by atomic mass is 19.4. The van der Waals surface area contributed by atoms with Crippen LogP contribution in [0.4, 0.5) is 18.9 Å². The Morgan fingerprint density at radius 1 is 1.31 bits per heavy atom. The zero-order valence-electron chi connectivity index (χ0n) is 9.30.